The first kappa shape index (κ1) is 18.6. The summed E-state index contributed by atoms with van der Waals surface area (Å²) in [5.41, 5.74) is 1.52. The van der Waals surface area contributed by atoms with Gasteiger partial charge in [-0.05, 0) is 44.0 Å². The predicted octanol–water partition coefficient (Wildman–Crippen LogP) is 3.29. The molecule has 0 aromatic heterocycles. The van der Waals surface area contributed by atoms with Crippen LogP contribution in [0.15, 0.2) is 53.4 Å². The molecule has 1 aliphatic rings. The van der Waals surface area contributed by atoms with Crippen molar-refractivity contribution in [3.63, 3.8) is 0 Å². The maximum Gasteiger partial charge on any atom is 0.243 e. The molecule has 0 amide bonds. The third kappa shape index (κ3) is 3.66. The Morgan fingerprint density at radius 3 is 2.50 bits per heavy atom. The van der Waals surface area contributed by atoms with Gasteiger partial charge in [0.1, 0.15) is 5.75 Å². The quantitative estimate of drug-likeness (QED) is 0.755. The fourth-order valence-electron chi connectivity index (χ4n) is 3.30. The van der Waals surface area contributed by atoms with E-state index in [4.69, 9.17) is 4.74 Å². The summed E-state index contributed by atoms with van der Waals surface area (Å²) in [5.74, 6) is 0.0996. The minimum absolute atomic E-state index is 0.0637. The number of hydrogen-bond donors (Lipinski definition) is 0. The van der Waals surface area contributed by atoms with Crippen LogP contribution in [0.5, 0.6) is 5.75 Å². The van der Waals surface area contributed by atoms with Crippen molar-refractivity contribution in [2.24, 2.45) is 5.92 Å². The van der Waals surface area contributed by atoms with E-state index in [1.807, 2.05) is 13.0 Å². The van der Waals surface area contributed by atoms with Crippen molar-refractivity contribution in [2.45, 2.75) is 24.7 Å². The molecule has 0 unspecified atom stereocenters. The highest BCUT2D eigenvalue weighted by molar-refractivity contribution is 7.89. The molecule has 138 valence electrons. The highest BCUT2D eigenvalue weighted by Gasteiger charge is 2.34. The number of methoxy groups -OCH3 is 1. The molecule has 1 heterocycles. The molecule has 1 saturated heterocycles. The van der Waals surface area contributed by atoms with Crippen LogP contribution < -0.4 is 4.74 Å². The molecule has 0 aliphatic carbocycles. The SMILES string of the molecule is COc1ccccc1C(=O)[C@H]1CCCN(S(=O)(=O)c2ccc(C)cc2)C1. The molecule has 2 aromatic rings. The maximum absolute atomic E-state index is 12.9. The Labute approximate surface area is 154 Å². The molecule has 6 heteroatoms. The molecular formula is C20H23NO4S. The van der Waals surface area contributed by atoms with Crippen molar-refractivity contribution < 1.29 is 17.9 Å². The number of aryl methyl sites for hydroxylation is 1. The van der Waals surface area contributed by atoms with Gasteiger partial charge in [-0.25, -0.2) is 8.42 Å². The predicted molar refractivity (Wildman–Crippen MR) is 100.0 cm³/mol. The Balaban J connectivity index is 1.83. The number of ether oxygens (including phenoxy) is 1. The smallest absolute Gasteiger partial charge is 0.243 e. The van der Waals surface area contributed by atoms with Gasteiger partial charge >= 0.3 is 0 Å². The number of nitrogens with zero attached hydrogens (tertiary/aromatic N) is 1. The molecule has 1 atom stereocenters. The van der Waals surface area contributed by atoms with Crippen molar-refractivity contribution >= 4 is 15.8 Å². The molecule has 1 aliphatic heterocycles. The zero-order valence-corrected chi connectivity index (χ0v) is 15.8. The molecule has 3 rings (SSSR count). The Morgan fingerprint density at radius 2 is 1.81 bits per heavy atom. The molecule has 2 aromatic carbocycles. The number of sulfonamides is 1. The van der Waals surface area contributed by atoms with Crippen molar-refractivity contribution in [3.05, 3.63) is 59.7 Å². The van der Waals surface area contributed by atoms with E-state index < -0.39 is 10.0 Å². The van der Waals surface area contributed by atoms with Crippen LogP contribution in [0.25, 0.3) is 0 Å². The summed E-state index contributed by atoms with van der Waals surface area (Å²) in [6.07, 6.45) is 1.34. The minimum Gasteiger partial charge on any atom is -0.496 e. The second-order valence-electron chi connectivity index (χ2n) is 6.58. The van der Waals surface area contributed by atoms with Gasteiger partial charge in [0.15, 0.2) is 5.78 Å². The van der Waals surface area contributed by atoms with Crippen molar-refractivity contribution in [1.29, 1.82) is 0 Å². The van der Waals surface area contributed by atoms with Crippen LogP contribution in [0.4, 0.5) is 0 Å². The van der Waals surface area contributed by atoms with Gasteiger partial charge in [0.2, 0.25) is 10.0 Å². The fraction of sp³-hybridized carbons (Fsp3) is 0.350. The van der Waals surface area contributed by atoms with Crippen LogP contribution in [-0.4, -0.2) is 38.7 Å². The van der Waals surface area contributed by atoms with Gasteiger partial charge in [-0.15, -0.1) is 0 Å². The van der Waals surface area contributed by atoms with Crippen LogP contribution in [-0.2, 0) is 10.0 Å². The molecule has 0 saturated carbocycles. The second-order valence-corrected chi connectivity index (χ2v) is 8.52. The number of carbonyl (C=O) groups excluding carboxylic acids is 1. The first-order valence-corrected chi connectivity index (χ1v) is 10.1. The number of rotatable bonds is 5. The van der Waals surface area contributed by atoms with Crippen LogP contribution >= 0.6 is 0 Å². The van der Waals surface area contributed by atoms with E-state index in [0.29, 0.717) is 30.7 Å². The monoisotopic (exact) mass is 373 g/mol. The van der Waals surface area contributed by atoms with Crippen LogP contribution in [0.3, 0.4) is 0 Å². The van der Waals surface area contributed by atoms with Crippen molar-refractivity contribution in [3.8, 4) is 5.75 Å². The standard InChI is InChI=1S/C20H23NO4S/c1-15-9-11-17(12-10-15)26(23,24)21-13-5-6-16(14-21)20(22)18-7-3-4-8-19(18)25-2/h3-4,7-12,16H,5-6,13-14H2,1-2H3/t16-/m0/s1. The number of carbonyl (C=O) groups is 1. The van der Waals surface area contributed by atoms with Crippen molar-refractivity contribution in [2.75, 3.05) is 20.2 Å². The summed E-state index contributed by atoms with van der Waals surface area (Å²) in [6.45, 7) is 2.55. The van der Waals surface area contributed by atoms with Gasteiger partial charge in [0, 0.05) is 19.0 Å². The van der Waals surface area contributed by atoms with Gasteiger partial charge in [0.05, 0.1) is 17.6 Å². The van der Waals surface area contributed by atoms with E-state index in [9.17, 15) is 13.2 Å². The van der Waals surface area contributed by atoms with E-state index in [-0.39, 0.29) is 23.1 Å². The van der Waals surface area contributed by atoms with Gasteiger partial charge in [-0.3, -0.25) is 4.79 Å². The number of para-hydroxylation sites is 1. The maximum atomic E-state index is 12.9. The molecule has 0 spiro atoms. The average Bonchev–Trinajstić information content (AvgIpc) is 2.68. The number of Topliss-reactive ketones (excluding diaryl/α,β-unsaturated/α-hetero) is 1. The summed E-state index contributed by atoms with van der Waals surface area (Å²) in [5, 5.41) is 0. The summed E-state index contributed by atoms with van der Waals surface area (Å²) in [4.78, 5) is 13.2. The average molecular weight is 373 g/mol. The van der Waals surface area contributed by atoms with Crippen LogP contribution in [0.2, 0.25) is 0 Å². The highest BCUT2D eigenvalue weighted by Crippen LogP contribution is 2.29. The van der Waals surface area contributed by atoms with Crippen molar-refractivity contribution in [1.82, 2.24) is 4.31 Å². The third-order valence-corrected chi connectivity index (χ3v) is 6.67. The molecule has 0 bridgehead atoms. The van der Waals surface area contributed by atoms with Crippen LogP contribution in [0, 0.1) is 12.8 Å². The Bertz CT molecular complexity index is 890. The largest absolute Gasteiger partial charge is 0.496 e. The lowest BCUT2D eigenvalue weighted by atomic mass is 9.90. The normalized spacial score (nSPS) is 18.5. The Morgan fingerprint density at radius 1 is 1.12 bits per heavy atom. The number of piperidine rings is 1. The lowest BCUT2D eigenvalue weighted by Gasteiger charge is -2.31. The Hall–Kier alpha value is -2.18. The molecule has 26 heavy (non-hydrogen) atoms. The number of hydrogen-bond acceptors (Lipinski definition) is 4. The van der Waals surface area contributed by atoms with Gasteiger partial charge in [-0.2, -0.15) is 4.31 Å². The van der Waals surface area contributed by atoms with Gasteiger partial charge in [-0.1, -0.05) is 29.8 Å². The molecule has 5 nitrogen and oxygen atoms in total. The summed E-state index contributed by atoms with van der Waals surface area (Å²) >= 11 is 0. The Kier molecular flexibility index (Phi) is 5.44. The second kappa shape index (κ2) is 7.60. The molecule has 0 radical (unpaired) electrons. The topological polar surface area (TPSA) is 63.7 Å². The minimum atomic E-state index is -3.59. The molecule has 0 N–H and O–H groups in total. The lowest BCUT2D eigenvalue weighted by Crippen LogP contribution is -2.42. The van der Waals surface area contributed by atoms with E-state index in [1.165, 1.54) is 11.4 Å². The number of benzene rings is 2. The zero-order chi connectivity index (χ0) is 18.7. The molecule has 1 fully saturated rings. The first-order valence-electron chi connectivity index (χ1n) is 8.67. The lowest BCUT2D eigenvalue weighted by molar-refractivity contribution is 0.0869. The highest BCUT2D eigenvalue weighted by atomic mass is 32.2. The van der Waals surface area contributed by atoms with Gasteiger partial charge < -0.3 is 4.74 Å². The third-order valence-electron chi connectivity index (χ3n) is 4.79. The summed E-state index contributed by atoms with van der Waals surface area (Å²) in [7, 11) is -2.06. The number of ketones is 1. The first-order chi connectivity index (χ1) is 12.4. The van der Waals surface area contributed by atoms with E-state index in [1.54, 1.807) is 42.5 Å². The zero-order valence-electron chi connectivity index (χ0n) is 15.0. The van der Waals surface area contributed by atoms with E-state index in [0.717, 1.165) is 5.56 Å². The van der Waals surface area contributed by atoms with E-state index >= 15 is 0 Å². The van der Waals surface area contributed by atoms with Crippen LogP contribution in [0.1, 0.15) is 28.8 Å². The molecular weight excluding hydrogens is 350 g/mol. The van der Waals surface area contributed by atoms with Gasteiger partial charge in [0.25, 0.3) is 0 Å². The summed E-state index contributed by atoms with van der Waals surface area (Å²) in [6, 6.07) is 13.9. The summed E-state index contributed by atoms with van der Waals surface area (Å²) < 4.78 is 32.5. The van der Waals surface area contributed by atoms with E-state index in [2.05, 4.69) is 0 Å². The fourth-order valence-corrected chi connectivity index (χ4v) is 4.83.